The molecule has 9 nitrogen and oxygen atoms in total. The van der Waals surface area contributed by atoms with Crippen LogP contribution in [0.5, 0.6) is 5.88 Å². The van der Waals surface area contributed by atoms with E-state index in [1.165, 1.54) is 28.9 Å². The second-order valence-corrected chi connectivity index (χ2v) is 9.00. The van der Waals surface area contributed by atoms with E-state index in [4.69, 9.17) is 9.84 Å². The number of aromatic nitrogens is 2. The number of hydrogen-bond donors (Lipinski definition) is 4. The van der Waals surface area contributed by atoms with E-state index in [9.17, 15) is 24.2 Å². The number of carboxylic acids is 1. The van der Waals surface area contributed by atoms with Crippen molar-refractivity contribution in [1.29, 1.82) is 0 Å². The van der Waals surface area contributed by atoms with Crippen LogP contribution in [0.15, 0.2) is 24.3 Å². The van der Waals surface area contributed by atoms with Crippen LogP contribution < -0.4 is 10.1 Å². The van der Waals surface area contributed by atoms with Gasteiger partial charge in [-0.05, 0) is 42.5 Å². The normalized spacial score (nSPS) is 13.2. The molecule has 0 bridgehead atoms. The SMILES string of the molecule is CC(C)CCNC(=O)c1nn(-c2ccc(F)cc2)c(OC[C@@H](O)C[C@@H](O)CC(=O)O)c1C(C)C. The molecule has 1 heterocycles. The highest BCUT2D eigenvalue weighted by atomic mass is 19.1. The highest BCUT2D eigenvalue weighted by molar-refractivity contribution is 5.94. The van der Waals surface area contributed by atoms with Crippen LogP contribution in [0, 0.1) is 11.7 Å². The van der Waals surface area contributed by atoms with Crippen molar-refractivity contribution < 1.29 is 34.0 Å². The summed E-state index contributed by atoms with van der Waals surface area (Å²) in [6.07, 6.45) is -2.28. The quantitative estimate of drug-likeness (QED) is 0.347. The third kappa shape index (κ3) is 7.81. The fraction of sp³-hybridized carbons (Fsp3) is 0.542. The zero-order valence-electron chi connectivity index (χ0n) is 20.0. The number of aliphatic hydroxyl groups is 2. The summed E-state index contributed by atoms with van der Waals surface area (Å²) in [5.41, 5.74) is 1.14. The summed E-state index contributed by atoms with van der Waals surface area (Å²) in [4.78, 5) is 23.7. The van der Waals surface area contributed by atoms with Crippen LogP contribution in [0.3, 0.4) is 0 Å². The molecule has 1 amide bonds. The van der Waals surface area contributed by atoms with E-state index < -0.39 is 30.4 Å². The van der Waals surface area contributed by atoms with Crippen LogP contribution in [0.1, 0.15) is 68.9 Å². The number of carboxylic acid groups (broad SMARTS) is 1. The number of amides is 1. The molecule has 0 aliphatic heterocycles. The van der Waals surface area contributed by atoms with Gasteiger partial charge in [0.15, 0.2) is 5.69 Å². The standard InChI is InChI=1S/C24H34FN3O6/c1-14(2)9-10-26-23(33)22-21(15(3)4)24(28(27-22)17-7-5-16(25)6-8-17)34-13-19(30)11-18(29)12-20(31)32/h5-8,14-15,18-19,29-30H,9-13H2,1-4H3,(H,26,33)(H,31,32)/t18-,19+/m1/s1. The first-order chi connectivity index (χ1) is 16.0. The zero-order valence-corrected chi connectivity index (χ0v) is 20.0. The maximum absolute atomic E-state index is 13.5. The first kappa shape index (κ1) is 27.3. The van der Waals surface area contributed by atoms with Crippen LogP contribution in [0.2, 0.25) is 0 Å². The number of carbonyl (C=O) groups excluding carboxylic acids is 1. The summed E-state index contributed by atoms with van der Waals surface area (Å²) in [5, 5.41) is 36.2. The van der Waals surface area contributed by atoms with Crippen LogP contribution in [0.25, 0.3) is 5.69 Å². The van der Waals surface area contributed by atoms with Gasteiger partial charge in [0, 0.05) is 18.5 Å². The molecule has 1 aromatic carbocycles. The Morgan fingerprint density at radius 2 is 1.76 bits per heavy atom. The predicted molar refractivity (Wildman–Crippen MR) is 124 cm³/mol. The number of aliphatic hydroxyl groups excluding tert-OH is 2. The number of nitrogens with one attached hydrogen (secondary N) is 1. The van der Waals surface area contributed by atoms with Crippen LogP contribution in [-0.2, 0) is 4.79 Å². The molecule has 188 valence electrons. The van der Waals surface area contributed by atoms with Gasteiger partial charge in [-0.3, -0.25) is 9.59 Å². The number of aliphatic carboxylic acids is 1. The zero-order chi connectivity index (χ0) is 25.4. The predicted octanol–water partition coefficient (Wildman–Crippen LogP) is 2.88. The monoisotopic (exact) mass is 479 g/mol. The molecule has 1 aromatic heterocycles. The van der Waals surface area contributed by atoms with Crippen LogP contribution in [0.4, 0.5) is 4.39 Å². The van der Waals surface area contributed by atoms with E-state index in [1.807, 2.05) is 13.8 Å². The van der Waals surface area contributed by atoms with Crippen molar-refractivity contribution >= 4 is 11.9 Å². The molecule has 2 rings (SSSR count). The van der Waals surface area contributed by atoms with Gasteiger partial charge in [-0.15, -0.1) is 0 Å². The molecule has 0 unspecified atom stereocenters. The van der Waals surface area contributed by atoms with Gasteiger partial charge < -0.3 is 25.4 Å². The molecule has 10 heteroatoms. The third-order valence-electron chi connectivity index (χ3n) is 5.12. The van der Waals surface area contributed by atoms with E-state index >= 15 is 0 Å². The summed E-state index contributed by atoms with van der Waals surface area (Å²) in [6.45, 7) is 8.07. The summed E-state index contributed by atoms with van der Waals surface area (Å²) in [5.74, 6) is -1.53. The van der Waals surface area contributed by atoms with Crippen molar-refractivity contribution in [3.05, 3.63) is 41.3 Å². The van der Waals surface area contributed by atoms with E-state index in [-0.39, 0.29) is 36.4 Å². The lowest BCUT2D eigenvalue weighted by Crippen LogP contribution is -2.27. The lowest BCUT2D eigenvalue weighted by atomic mass is 10.0. The Morgan fingerprint density at radius 3 is 2.32 bits per heavy atom. The smallest absolute Gasteiger partial charge is 0.305 e. The van der Waals surface area contributed by atoms with Crippen LogP contribution >= 0.6 is 0 Å². The van der Waals surface area contributed by atoms with Crippen molar-refractivity contribution in [2.75, 3.05) is 13.2 Å². The highest BCUT2D eigenvalue weighted by Crippen LogP contribution is 2.33. The molecule has 4 N–H and O–H groups in total. The number of carbonyl (C=O) groups is 2. The molecule has 0 spiro atoms. The van der Waals surface area contributed by atoms with Crippen LogP contribution in [-0.4, -0.2) is 62.3 Å². The summed E-state index contributed by atoms with van der Waals surface area (Å²) in [6, 6.07) is 5.50. The number of halogens is 1. The minimum absolute atomic E-state index is 0.165. The molecule has 34 heavy (non-hydrogen) atoms. The first-order valence-corrected chi connectivity index (χ1v) is 11.4. The molecule has 2 atom stereocenters. The van der Waals surface area contributed by atoms with Crippen molar-refractivity contribution in [2.45, 2.75) is 65.1 Å². The molecule has 0 fully saturated rings. The average molecular weight is 480 g/mol. The second kappa shape index (κ2) is 12.5. The molecule has 0 radical (unpaired) electrons. The summed E-state index contributed by atoms with van der Waals surface area (Å²) >= 11 is 0. The van der Waals surface area contributed by atoms with E-state index in [1.54, 1.807) is 0 Å². The number of ether oxygens (including phenoxy) is 1. The van der Waals surface area contributed by atoms with Gasteiger partial charge in [0.25, 0.3) is 5.91 Å². The molecule has 0 aliphatic rings. The van der Waals surface area contributed by atoms with Gasteiger partial charge in [-0.25, -0.2) is 9.07 Å². The Labute approximate surface area is 198 Å². The maximum atomic E-state index is 13.5. The minimum atomic E-state index is -1.23. The Bertz CT molecular complexity index is 958. The van der Waals surface area contributed by atoms with Crippen molar-refractivity contribution in [3.63, 3.8) is 0 Å². The molecule has 0 aliphatic carbocycles. The van der Waals surface area contributed by atoms with E-state index in [2.05, 4.69) is 24.3 Å². The molecular formula is C24H34FN3O6. The summed E-state index contributed by atoms with van der Waals surface area (Å²) in [7, 11) is 0. The number of benzene rings is 1. The first-order valence-electron chi connectivity index (χ1n) is 11.4. The topological polar surface area (TPSA) is 134 Å². The Balaban J connectivity index is 2.36. The fourth-order valence-electron chi connectivity index (χ4n) is 3.40. The number of hydrogen-bond acceptors (Lipinski definition) is 6. The Morgan fingerprint density at radius 1 is 1.12 bits per heavy atom. The van der Waals surface area contributed by atoms with Gasteiger partial charge in [0.05, 0.1) is 24.3 Å². The lowest BCUT2D eigenvalue weighted by molar-refractivity contribution is -0.139. The van der Waals surface area contributed by atoms with Gasteiger partial charge >= 0.3 is 5.97 Å². The summed E-state index contributed by atoms with van der Waals surface area (Å²) < 4.78 is 20.7. The molecule has 2 aromatic rings. The van der Waals surface area contributed by atoms with E-state index in [0.717, 1.165) is 6.42 Å². The van der Waals surface area contributed by atoms with Gasteiger partial charge in [-0.2, -0.15) is 5.10 Å². The third-order valence-corrected chi connectivity index (χ3v) is 5.12. The Hall–Kier alpha value is -2.98. The molecule has 0 saturated carbocycles. The van der Waals surface area contributed by atoms with Gasteiger partial charge in [0.1, 0.15) is 12.4 Å². The lowest BCUT2D eigenvalue weighted by Gasteiger charge is -2.17. The molecular weight excluding hydrogens is 445 g/mol. The number of rotatable bonds is 13. The van der Waals surface area contributed by atoms with Crippen molar-refractivity contribution in [3.8, 4) is 11.6 Å². The maximum Gasteiger partial charge on any atom is 0.305 e. The van der Waals surface area contributed by atoms with Gasteiger partial charge in [0.2, 0.25) is 5.88 Å². The largest absolute Gasteiger partial charge is 0.481 e. The highest BCUT2D eigenvalue weighted by Gasteiger charge is 2.28. The number of nitrogens with zero attached hydrogens (tertiary/aromatic N) is 2. The Kier molecular flexibility index (Phi) is 10.0. The van der Waals surface area contributed by atoms with Crippen molar-refractivity contribution in [2.24, 2.45) is 5.92 Å². The van der Waals surface area contributed by atoms with E-state index in [0.29, 0.717) is 23.7 Å². The average Bonchev–Trinajstić information content (AvgIpc) is 3.11. The second-order valence-electron chi connectivity index (χ2n) is 9.00. The van der Waals surface area contributed by atoms with Gasteiger partial charge in [-0.1, -0.05) is 27.7 Å². The molecule has 0 saturated heterocycles. The fourth-order valence-corrected chi connectivity index (χ4v) is 3.40. The van der Waals surface area contributed by atoms with Crippen molar-refractivity contribution in [1.82, 2.24) is 15.1 Å². The minimum Gasteiger partial charge on any atom is -0.481 e.